The molecule has 1 aromatic carbocycles. The quantitative estimate of drug-likeness (QED) is 0.203. The van der Waals surface area contributed by atoms with E-state index in [-0.39, 0.29) is 34.9 Å². The van der Waals surface area contributed by atoms with E-state index < -0.39 is 11.9 Å². The van der Waals surface area contributed by atoms with Crippen LogP contribution < -0.4 is 22.1 Å². The summed E-state index contributed by atoms with van der Waals surface area (Å²) < 4.78 is 7.10. The molecule has 2 aliphatic rings. The number of aromatic nitrogens is 5. The minimum Gasteiger partial charge on any atom is -0.423 e. The zero-order valence-corrected chi connectivity index (χ0v) is 24.8. The van der Waals surface area contributed by atoms with Crippen LogP contribution in [0.2, 0.25) is 0 Å². The van der Waals surface area contributed by atoms with Gasteiger partial charge in [-0.2, -0.15) is 10.1 Å². The fourth-order valence-electron chi connectivity index (χ4n) is 5.77. The summed E-state index contributed by atoms with van der Waals surface area (Å²) in [7, 11) is 0. The monoisotopic (exact) mass is 616 g/mol. The lowest BCUT2D eigenvalue weighted by atomic mass is 10.1. The number of rotatable bonds is 8. The number of carbonyl (C=O) groups excluding carboxylic acids is 3. The van der Waals surface area contributed by atoms with Crippen LogP contribution in [0.1, 0.15) is 29.4 Å². The van der Waals surface area contributed by atoms with E-state index in [0.29, 0.717) is 49.3 Å². The average Bonchev–Trinajstić information content (AvgIpc) is 3.64. The molecule has 2 aliphatic heterocycles. The van der Waals surface area contributed by atoms with Crippen molar-refractivity contribution in [3.05, 3.63) is 48.4 Å². The molecular formula is C29H36N12O4. The molecule has 2 saturated heterocycles. The van der Waals surface area contributed by atoms with Crippen LogP contribution in [0.3, 0.4) is 0 Å². The molecule has 16 nitrogen and oxygen atoms in total. The highest BCUT2D eigenvalue weighted by atomic mass is 16.4. The minimum absolute atomic E-state index is 0.0475. The zero-order valence-electron chi connectivity index (χ0n) is 24.8. The average molecular weight is 617 g/mol. The first kappa shape index (κ1) is 30.1. The summed E-state index contributed by atoms with van der Waals surface area (Å²) in [6.07, 6.45) is 6.28. The zero-order chi connectivity index (χ0) is 31.3. The van der Waals surface area contributed by atoms with Gasteiger partial charge < -0.3 is 20.8 Å². The number of para-hydroxylation sites is 2. The number of piperidine rings is 1. The van der Waals surface area contributed by atoms with Crippen molar-refractivity contribution in [1.29, 1.82) is 0 Å². The highest BCUT2D eigenvalue weighted by molar-refractivity contribution is 6.13. The predicted octanol–water partition coefficient (Wildman–Crippen LogP) is 0.808. The van der Waals surface area contributed by atoms with Crippen molar-refractivity contribution in [2.75, 3.05) is 70.0 Å². The lowest BCUT2D eigenvalue weighted by Gasteiger charge is -2.34. The Morgan fingerprint density at radius 2 is 1.87 bits per heavy atom. The minimum atomic E-state index is -0.858. The molecule has 1 atom stereocenters. The molecule has 6 N–H and O–H groups in total. The normalized spacial score (nSPS) is 18.2. The first-order valence-electron chi connectivity index (χ1n) is 15.0. The van der Waals surface area contributed by atoms with E-state index in [2.05, 4.69) is 40.5 Å². The lowest BCUT2D eigenvalue weighted by molar-refractivity contribution is -0.127. The number of carbonyl (C=O) groups is 3. The first-order valence-corrected chi connectivity index (χ1v) is 15.0. The number of amides is 4. The number of likely N-dealkylation sites (tertiary alicyclic amines) is 1. The number of nitrogen functional groups attached to an aromatic ring is 1. The van der Waals surface area contributed by atoms with Crippen LogP contribution in [0, 0.1) is 0 Å². The molecule has 0 radical (unpaired) electrons. The van der Waals surface area contributed by atoms with Crippen molar-refractivity contribution >= 4 is 51.8 Å². The summed E-state index contributed by atoms with van der Waals surface area (Å²) in [5.74, 6) is -0.836. The molecule has 6 rings (SSSR count). The third-order valence-electron chi connectivity index (χ3n) is 8.06. The molecule has 236 valence electrons. The van der Waals surface area contributed by atoms with Crippen molar-refractivity contribution in [3.8, 4) is 0 Å². The van der Waals surface area contributed by atoms with Gasteiger partial charge in [-0.1, -0.05) is 18.2 Å². The number of nitrogens with zero attached hydrogens (tertiary/aromatic N) is 8. The molecule has 2 fully saturated rings. The molecule has 4 amide bonds. The largest absolute Gasteiger partial charge is 0.423 e. The van der Waals surface area contributed by atoms with Gasteiger partial charge in [0.15, 0.2) is 16.9 Å². The van der Waals surface area contributed by atoms with Crippen LogP contribution in [-0.2, 0) is 4.79 Å². The second-order valence-corrected chi connectivity index (χ2v) is 11.1. The lowest BCUT2D eigenvalue weighted by Crippen LogP contribution is -2.47. The highest BCUT2D eigenvalue weighted by Gasteiger charge is 2.30. The van der Waals surface area contributed by atoms with Gasteiger partial charge in [0, 0.05) is 65.0 Å². The number of hydrogen-bond acceptors (Lipinski definition) is 12. The van der Waals surface area contributed by atoms with Crippen LogP contribution in [0.15, 0.2) is 47.2 Å². The molecule has 4 aromatic rings. The van der Waals surface area contributed by atoms with E-state index >= 15 is 0 Å². The van der Waals surface area contributed by atoms with Crippen molar-refractivity contribution in [2.45, 2.75) is 18.9 Å². The fourth-order valence-corrected chi connectivity index (χ4v) is 5.77. The molecule has 0 aliphatic carbocycles. The van der Waals surface area contributed by atoms with E-state index in [1.54, 1.807) is 39.9 Å². The number of piperazine rings is 1. The predicted molar refractivity (Wildman–Crippen MR) is 166 cm³/mol. The van der Waals surface area contributed by atoms with Gasteiger partial charge in [0.25, 0.3) is 5.91 Å². The van der Waals surface area contributed by atoms with Gasteiger partial charge in [-0.05, 0) is 25.0 Å². The smallest absolute Gasteiger partial charge is 0.329 e. The summed E-state index contributed by atoms with van der Waals surface area (Å²) in [6, 6.07) is 5.83. The Morgan fingerprint density at radius 1 is 1.07 bits per heavy atom. The summed E-state index contributed by atoms with van der Waals surface area (Å²) >= 11 is 0. The van der Waals surface area contributed by atoms with Gasteiger partial charge in [0.1, 0.15) is 17.7 Å². The molecular weight excluding hydrogens is 580 g/mol. The van der Waals surface area contributed by atoms with Gasteiger partial charge >= 0.3 is 12.0 Å². The molecule has 1 unspecified atom stereocenters. The molecule has 3 aromatic heterocycles. The van der Waals surface area contributed by atoms with Crippen LogP contribution in [0.5, 0.6) is 0 Å². The Bertz CT molecular complexity index is 1690. The molecule has 16 heteroatoms. The topological polar surface area (TPSA) is 207 Å². The Hall–Kier alpha value is -4.93. The van der Waals surface area contributed by atoms with E-state index in [4.69, 9.17) is 15.9 Å². The summed E-state index contributed by atoms with van der Waals surface area (Å²) in [5, 5.41) is 9.43. The third kappa shape index (κ3) is 6.77. The van der Waals surface area contributed by atoms with Gasteiger partial charge in [-0.15, -0.1) is 0 Å². The van der Waals surface area contributed by atoms with Gasteiger partial charge in [-0.3, -0.25) is 30.0 Å². The Morgan fingerprint density at radius 3 is 2.67 bits per heavy atom. The van der Waals surface area contributed by atoms with Crippen LogP contribution >= 0.6 is 0 Å². The van der Waals surface area contributed by atoms with Crippen LogP contribution in [0.4, 0.5) is 16.6 Å². The second kappa shape index (κ2) is 13.4. The maximum Gasteiger partial charge on any atom is 0.329 e. The number of nitrogens with one attached hydrogen (secondary N) is 2. The molecule has 0 spiro atoms. The Kier molecular flexibility index (Phi) is 8.95. The van der Waals surface area contributed by atoms with Crippen molar-refractivity contribution in [1.82, 2.24) is 44.7 Å². The number of nitrogens with two attached hydrogens (primary N) is 2. The van der Waals surface area contributed by atoms with Crippen LogP contribution in [0.25, 0.3) is 22.1 Å². The van der Waals surface area contributed by atoms with Gasteiger partial charge in [-0.25, -0.2) is 19.4 Å². The molecule has 0 saturated carbocycles. The van der Waals surface area contributed by atoms with Crippen molar-refractivity contribution < 1.29 is 18.8 Å². The fraction of sp³-hybridized carbons (Fsp3) is 0.414. The number of urea groups is 1. The Labute approximate surface area is 258 Å². The van der Waals surface area contributed by atoms with E-state index in [9.17, 15) is 14.4 Å². The standard InChI is InChI=1S/C29H36N12O4/c30-9-12-39-15-13-38(14-16-39)10-4-8-22(42)40-11-3-5-19(17-40)41-26-23(25(31)32-18-33-26)24(37-41)27(43)35-28(44)36-29-34-20-6-1-2-7-21(20)45-29/h1-2,4,6-8,18-19H,3,5,9-17,30H2,(H2,31,32,33)(H2,34,35,36,43,44). The number of imide groups is 1. The first-order chi connectivity index (χ1) is 21.9. The van der Waals surface area contributed by atoms with Crippen molar-refractivity contribution in [2.24, 2.45) is 5.73 Å². The number of hydrogen-bond donors (Lipinski definition) is 4. The summed E-state index contributed by atoms with van der Waals surface area (Å²) in [4.78, 5) is 58.0. The van der Waals surface area contributed by atoms with E-state index in [0.717, 1.165) is 39.1 Å². The van der Waals surface area contributed by atoms with Crippen molar-refractivity contribution in [3.63, 3.8) is 0 Å². The number of oxazole rings is 1. The number of benzene rings is 1. The third-order valence-corrected chi connectivity index (χ3v) is 8.06. The maximum absolute atomic E-state index is 13.3. The number of anilines is 2. The van der Waals surface area contributed by atoms with Gasteiger partial charge in [0.2, 0.25) is 5.91 Å². The molecule has 45 heavy (non-hydrogen) atoms. The highest BCUT2D eigenvalue weighted by Crippen LogP contribution is 2.29. The van der Waals surface area contributed by atoms with E-state index in [1.165, 1.54) is 6.33 Å². The van der Waals surface area contributed by atoms with Crippen LogP contribution in [-0.4, -0.2) is 116 Å². The summed E-state index contributed by atoms with van der Waals surface area (Å²) in [5.41, 5.74) is 13.1. The van der Waals surface area contributed by atoms with E-state index in [1.807, 2.05) is 6.08 Å². The van der Waals surface area contributed by atoms with Gasteiger partial charge in [0.05, 0.1) is 11.4 Å². The Balaban J connectivity index is 1.11. The molecule has 5 heterocycles. The summed E-state index contributed by atoms with van der Waals surface area (Å²) in [6.45, 7) is 7.09. The second-order valence-electron chi connectivity index (χ2n) is 11.1. The maximum atomic E-state index is 13.3. The molecule has 0 bridgehead atoms. The SMILES string of the molecule is NCCN1CCN(CC=CC(=O)N2CCCC(n3nc(C(=O)NC(=O)Nc4nc5ccccc5o4)c4c(N)ncnc43)C2)CC1. The number of fused-ring (bicyclic) bond motifs is 2.